The summed E-state index contributed by atoms with van der Waals surface area (Å²) in [4.78, 5) is 39.7. The number of nitrogens with one attached hydrogen (secondary N) is 1. The smallest absolute Gasteiger partial charge is 0.450 e. The molecule has 2 aliphatic rings. The molecular formula is C26H27F3N2O8S2. The van der Waals surface area contributed by atoms with Crippen molar-refractivity contribution in [2.45, 2.75) is 55.0 Å². The molecule has 2 aromatic carbocycles. The van der Waals surface area contributed by atoms with Gasteiger partial charge in [0.05, 0.1) is 6.54 Å². The molecule has 2 unspecified atom stereocenters. The van der Waals surface area contributed by atoms with E-state index in [0.29, 0.717) is 11.1 Å². The SMILES string of the molecule is CC(C)(C)OC(=O)NC1C(=O)N2CC(OS(=O)(=O)C(F)(F)F)(C(=O)OC(c3ccccc3)c3ccccc3)CS[C@H]12. The fraction of sp³-hybridized carbons (Fsp3) is 0.423. The van der Waals surface area contributed by atoms with Gasteiger partial charge in [-0.1, -0.05) is 60.7 Å². The number of nitrogens with zero attached hydrogens (tertiary/aromatic N) is 1. The molecule has 0 spiro atoms. The van der Waals surface area contributed by atoms with Crippen LogP contribution < -0.4 is 5.32 Å². The number of halogens is 3. The van der Waals surface area contributed by atoms with Crippen LogP contribution in [0.25, 0.3) is 0 Å². The second-order valence-electron chi connectivity index (χ2n) is 10.4. The van der Waals surface area contributed by atoms with E-state index in [1.807, 2.05) is 0 Å². The first-order chi connectivity index (χ1) is 19.0. The Balaban J connectivity index is 1.63. The molecule has 0 saturated carbocycles. The van der Waals surface area contributed by atoms with E-state index in [2.05, 4.69) is 9.50 Å². The summed E-state index contributed by atoms with van der Waals surface area (Å²) in [7, 11) is -6.29. The standard InChI is InChI=1S/C26H27F3N2O8S2/c1-24(2,3)38-23(34)30-18-20(32)31-14-25(15-40-21(18)31,39-41(35,36)26(27,28)29)22(33)37-19(16-10-6-4-7-11-16)17-12-8-5-9-13-17/h4-13,18-19,21H,14-15H2,1-3H3,(H,30,34)/t18?,21-,25?/m1/s1. The fourth-order valence-electron chi connectivity index (χ4n) is 4.25. The Bertz CT molecular complexity index is 1360. The molecule has 2 fully saturated rings. The normalized spacial score (nSPS) is 22.9. The Morgan fingerprint density at radius 2 is 1.56 bits per heavy atom. The minimum absolute atomic E-state index is 0.462. The van der Waals surface area contributed by atoms with Crippen LogP contribution in [0.1, 0.15) is 38.0 Å². The van der Waals surface area contributed by atoms with E-state index in [9.17, 15) is 36.0 Å². The number of ether oxygens (including phenoxy) is 2. The number of carbonyl (C=O) groups excluding carboxylic acids is 3. The highest BCUT2D eigenvalue weighted by atomic mass is 32.2. The summed E-state index contributed by atoms with van der Waals surface area (Å²) < 4.78 is 79.9. The molecule has 2 aromatic rings. The van der Waals surface area contributed by atoms with Gasteiger partial charge in [-0.3, -0.25) is 4.79 Å². The lowest BCUT2D eigenvalue weighted by Crippen LogP contribution is -2.76. The first kappa shape index (κ1) is 30.7. The van der Waals surface area contributed by atoms with Gasteiger partial charge in [0.1, 0.15) is 17.0 Å². The van der Waals surface area contributed by atoms with E-state index in [1.54, 1.807) is 81.4 Å². The third-order valence-corrected chi connectivity index (χ3v) is 8.69. The van der Waals surface area contributed by atoms with Gasteiger partial charge in [-0.05, 0) is 31.9 Å². The number of benzene rings is 2. The first-order valence-electron chi connectivity index (χ1n) is 12.3. The molecule has 41 heavy (non-hydrogen) atoms. The number of amides is 2. The van der Waals surface area contributed by atoms with Gasteiger partial charge in [-0.2, -0.15) is 21.6 Å². The largest absolute Gasteiger partial charge is 0.523 e. The predicted octanol–water partition coefficient (Wildman–Crippen LogP) is 3.73. The predicted molar refractivity (Wildman–Crippen MR) is 141 cm³/mol. The molecule has 0 bridgehead atoms. The number of fused-ring (bicyclic) bond motifs is 1. The second kappa shape index (κ2) is 11.2. The van der Waals surface area contributed by atoms with E-state index in [4.69, 9.17) is 9.47 Å². The van der Waals surface area contributed by atoms with Gasteiger partial charge in [0.2, 0.25) is 11.5 Å². The van der Waals surface area contributed by atoms with E-state index >= 15 is 0 Å². The van der Waals surface area contributed by atoms with Gasteiger partial charge in [0, 0.05) is 5.75 Å². The van der Waals surface area contributed by atoms with Crippen LogP contribution in [0.3, 0.4) is 0 Å². The average molecular weight is 617 g/mol. The lowest BCUT2D eigenvalue weighted by Gasteiger charge is -2.53. The maximum absolute atomic E-state index is 13.7. The minimum Gasteiger partial charge on any atom is -0.450 e. The zero-order chi connectivity index (χ0) is 30.2. The lowest BCUT2D eigenvalue weighted by atomic mass is 9.98. The number of hydrogen-bond donors (Lipinski definition) is 1. The Morgan fingerprint density at radius 1 is 1.02 bits per heavy atom. The molecule has 2 saturated heterocycles. The summed E-state index contributed by atoms with van der Waals surface area (Å²) in [6.07, 6.45) is -2.02. The van der Waals surface area contributed by atoms with Crippen LogP contribution >= 0.6 is 11.8 Å². The number of hydrogen-bond acceptors (Lipinski definition) is 9. The van der Waals surface area contributed by atoms with Crippen molar-refractivity contribution in [1.29, 1.82) is 0 Å². The summed E-state index contributed by atoms with van der Waals surface area (Å²) in [6.45, 7) is 3.99. The van der Waals surface area contributed by atoms with Crippen LogP contribution in [0.5, 0.6) is 0 Å². The van der Waals surface area contributed by atoms with E-state index in [-0.39, 0.29) is 0 Å². The van der Waals surface area contributed by atoms with Crippen molar-refractivity contribution < 1.29 is 49.6 Å². The molecule has 0 aliphatic carbocycles. The summed E-state index contributed by atoms with van der Waals surface area (Å²) in [5, 5.41) is 1.58. The Hall–Kier alpha value is -3.30. The molecule has 2 heterocycles. The first-order valence-corrected chi connectivity index (χ1v) is 14.7. The molecule has 222 valence electrons. The summed E-state index contributed by atoms with van der Waals surface area (Å²) in [6, 6.07) is 15.5. The van der Waals surface area contributed by atoms with Crippen molar-refractivity contribution in [2.75, 3.05) is 12.3 Å². The van der Waals surface area contributed by atoms with Gasteiger partial charge >= 0.3 is 27.7 Å². The van der Waals surface area contributed by atoms with Crippen molar-refractivity contribution in [3.8, 4) is 0 Å². The van der Waals surface area contributed by atoms with Crippen LogP contribution in [0.15, 0.2) is 60.7 Å². The lowest BCUT2D eigenvalue weighted by molar-refractivity contribution is -0.172. The Kier molecular flexibility index (Phi) is 8.35. The van der Waals surface area contributed by atoms with Crippen LogP contribution in [-0.4, -0.2) is 71.7 Å². The van der Waals surface area contributed by atoms with Gasteiger partial charge in [-0.15, -0.1) is 11.8 Å². The summed E-state index contributed by atoms with van der Waals surface area (Å²) >= 11 is 0.767. The Labute approximate surface area is 238 Å². The Morgan fingerprint density at radius 3 is 2.05 bits per heavy atom. The van der Waals surface area contributed by atoms with Gasteiger partial charge in [0.15, 0.2) is 6.10 Å². The van der Waals surface area contributed by atoms with E-state index in [1.165, 1.54) is 0 Å². The highest BCUT2D eigenvalue weighted by Gasteiger charge is 2.63. The molecule has 15 heteroatoms. The number of rotatable bonds is 7. The number of alkyl carbamates (subject to hydrolysis) is 1. The van der Waals surface area contributed by atoms with Crippen molar-refractivity contribution in [3.05, 3.63) is 71.8 Å². The molecule has 2 amide bonds. The molecule has 0 aromatic heterocycles. The summed E-state index contributed by atoms with van der Waals surface area (Å²) in [5.74, 6) is -2.80. The topological polar surface area (TPSA) is 128 Å². The highest BCUT2D eigenvalue weighted by molar-refractivity contribution is 8.00. The van der Waals surface area contributed by atoms with Crippen molar-refractivity contribution in [1.82, 2.24) is 10.2 Å². The number of esters is 1. The van der Waals surface area contributed by atoms with E-state index in [0.717, 1.165) is 16.7 Å². The van der Waals surface area contributed by atoms with Crippen LogP contribution in [-0.2, 0) is 33.4 Å². The molecule has 1 N–H and O–H groups in total. The number of β-lactam (4-membered cyclic amide) rings is 1. The highest BCUT2D eigenvalue weighted by Crippen LogP contribution is 2.43. The molecule has 4 rings (SSSR count). The molecule has 2 aliphatic heterocycles. The molecular weight excluding hydrogens is 589 g/mol. The van der Waals surface area contributed by atoms with Gasteiger partial charge in [0.25, 0.3) is 0 Å². The van der Waals surface area contributed by atoms with E-state index < -0.39 is 74.6 Å². The van der Waals surface area contributed by atoms with Crippen molar-refractivity contribution >= 4 is 39.8 Å². The zero-order valence-electron chi connectivity index (χ0n) is 22.1. The average Bonchev–Trinajstić information content (AvgIpc) is 2.89. The van der Waals surface area contributed by atoms with Gasteiger partial charge < -0.3 is 19.7 Å². The van der Waals surface area contributed by atoms with Gasteiger partial charge in [-0.25, -0.2) is 13.8 Å². The number of alkyl halides is 3. The number of carbonyl (C=O) groups is 3. The van der Waals surface area contributed by atoms with Crippen LogP contribution in [0, 0.1) is 0 Å². The third-order valence-electron chi connectivity index (χ3n) is 6.08. The maximum Gasteiger partial charge on any atom is 0.523 e. The van der Waals surface area contributed by atoms with Crippen LogP contribution in [0.4, 0.5) is 18.0 Å². The molecule has 10 nitrogen and oxygen atoms in total. The molecule has 3 atom stereocenters. The molecule has 0 radical (unpaired) electrons. The minimum atomic E-state index is -6.29. The quantitative estimate of drug-likeness (QED) is 0.214. The fourth-order valence-corrected chi connectivity index (χ4v) is 6.46. The summed E-state index contributed by atoms with van der Waals surface area (Å²) in [5.41, 5.74) is -8.51. The second-order valence-corrected chi connectivity index (χ2v) is 13.0. The van der Waals surface area contributed by atoms with Crippen molar-refractivity contribution in [3.63, 3.8) is 0 Å². The monoisotopic (exact) mass is 616 g/mol. The number of thioether (sulfide) groups is 1. The third kappa shape index (κ3) is 6.62. The van der Waals surface area contributed by atoms with Crippen molar-refractivity contribution in [2.24, 2.45) is 0 Å². The zero-order valence-corrected chi connectivity index (χ0v) is 23.7. The maximum atomic E-state index is 13.7. The van der Waals surface area contributed by atoms with Crippen LogP contribution in [0.2, 0.25) is 0 Å².